The van der Waals surface area contributed by atoms with E-state index in [1.165, 1.54) is 17.5 Å². The minimum absolute atomic E-state index is 0.111. The van der Waals surface area contributed by atoms with Crippen LogP contribution in [0.3, 0.4) is 0 Å². The van der Waals surface area contributed by atoms with Gasteiger partial charge < -0.3 is 15.5 Å². The van der Waals surface area contributed by atoms with Crippen molar-refractivity contribution in [3.63, 3.8) is 0 Å². The summed E-state index contributed by atoms with van der Waals surface area (Å²) in [4.78, 5) is 4.68. The van der Waals surface area contributed by atoms with Crippen molar-refractivity contribution in [3.8, 4) is 0 Å². The first-order chi connectivity index (χ1) is 9.56. The molecule has 1 aromatic rings. The molecule has 0 radical (unpaired) electrons. The lowest BCUT2D eigenvalue weighted by Gasteiger charge is -2.25. The molecule has 0 fully saturated rings. The van der Waals surface area contributed by atoms with Crippen LogP contribution in [-0.2, 0) is 6.42 Å². The van der Waals surface area contributed by atoms with Gasteiger partial charge in [-0.1, -0.05) is 38.1 Å². The summed E-state index contributed by atoms with van der Waals surface area (Å²) < 4.78 is 0. The molecule has 114 valence electrons. The van der Waals surface area contributed by atoms with E-state index in [4.69, 9.17) is 5.73 Å². The number of benzene rings is 1. The molecular weight excluding hydrogens is 246 g/mol. The predicted octanol–water partition coefficient (Wildman–Crippen LogP) is 2.52. The van der Waals surface area contributed by atoms with Crippen molar-refractivity contribution in [1.29, 1.82) is 0 Å². The van der Waals surface area contributed by atoms with Crippen LogP contribution in [0.4, 0.5) is 0 Å². The summed E-state index contributed by atoms with van der Waals surface area (Å²) in [5.41, 5.74) is 8.96. The van der Waals surface area contributed by atoms with Gasteiger partial charge in [-0.25, -0.2) is 0 Å². The van der Waals surface area contributed by atoms with Gasteiger partial charge >= 0.3 is 0 Å². The summed E-state index contributed by atoms with van der Waals surface area (Å²) in [6.07, 6.45) is 2.28. The summed E-state index contributed by atoms with van der Waals surface area (Å²) in [6.45, 7) is 8.65. The fourth-order valence-corrected chi connectivity index (χ4v) is 2.37. The van der Waals surface area contributed by atoms with Gasteiger partial charge in [0.15, 0.2) is 0 Å². The second-order valence-electron chi connectivity index (χ2n) is 5.75. The normalized spacial score (nSPS) is 13.2. The van der Waals surface area contributed by atoms with Crippen molar-refractivity contribution in [2.75, 3.05) is 40.3 Å². The quantitative estimate of drug-likeness (QED) is 0.753. The lowest BCUT2D eigenvalue weighted by Crippen LogP contribution is -2.34. The van der Waals surface area contributed by atoms with Crippen LogP contribution in [0.15, 0.2) is 24.3 Å². The number of nitrogens with zero attached hydrogens (tertiary/aromatic N) is 2. The number of hydrogen-bond donors (Lipinski definition) is 1. The molecule has 0 bridgehead atoms. The summed E-state index contributed by atoms with van der Waals surface area (Å²) in [5, 5.41) is 0. The average molecular weight is 277 g/mol. The SMILES string of the molecule is CCc1ccc(C(N)CN(CC)CCCN(C)C)cc1. The smallest absolute Gasteiger partial charge is 0.0424 e. The Morgan fingerprint density at radius 3 is 2.20 bits per heavy atom. The molecule has 3 heteroatoms. The lowest BCUT2D eigenvalue weighted by atomic mass is 10.0. The highest BCUT2D eigenvalue weighted by molar-refractivity contribution is 5.25. The van der Waals surface area contributed by atoms with E-state index in [-0.39, 0.29) is 6.04 Å². The van der Waals surface area contributed by atoms with Gasteiger partial charge in [0.2, 0.25) is 0 Å². The predicted molar refractivity (Wildman–Crippen MR) is 88.0 cm³/mol. The first kappa shape index (κ1) is 17.2. The summed E-state index contributed by atoms with van der Waals surface area (Å²) in [6, 6.07) is 8.85. The molecule has 3 nitrogen and oxygen atoms in total. The van der Waals surface area contributed by atoms with Crippen LogP contribution >= 0.6 is 0 Å². The van der Waals surface area contributed by atoms with Crippen LogP contribution in [0.1, 0.15) is 37.4 Å². The fourth-order valence-electron chi connectivity index (χ4n) is 2.37. The number of rotatable bonds is 9. The van der Waals surface area contributed by atoms with Gasteiger partial charge in [0.25, 0.3) is 0 Å². The van der Waals surface area contributed by atoms with Crippen molar-refractivity contribution in [2.24, 2.45) is 5.73 Å². The molecule has 0 aliphatic rings. The van der Waals surface area contributed by atoms with E-state index >= 15 is 0 Å². The van der Waals surface area contributed by atoms with E-state index in [0.29, 0.717) is 0 Å². The van der Waals surface area contributed by atoms with Crippen LogP contribution in [-0.4, -0.2) is 50.1 Å². The van der Waals surface area contributed by atoms with Crippen molar-refractivity contribution >= 4 is 0 Å². The minimum Gasteiger partial charge on any atom is -0.323 e. The Kier molecular flexibility index (Phi) is 7.82. The number of nitrogens with two attached hydrogens (primary N) is 1. The van der Waals surface area contributed by atoms with Crippen LogP contribution in [0.25, 0.3) is 0 Å². The first-order valence-corrected chi connectivity index (χ1v) is 7.78. The standard InChI is InChI=1S/C17H31N3/c1-5-15-8-10-16(11-9-15)17(18)14-20(6-2)13-7-12-19(3)4/h8-11,17H,5-7,12-14,18H2,1-4H3. The Morgan fingerprint density at radius 1 is 1.05 bits per heavy atom. The van der Waals surface area contributed by atoms with Gasteiger partial charge in [-0.3, -0.25) is 0 Å². The summed E-state index contributed by atoms with van der Waals surface area (Å²) in [5.74, 6) is 0. The van der Waals surface area contributed by atoms with Crippen molar-refractivity contribution < 1.29 is 0 Å². The van der Waals surface area contributed by atoms with E-state index in [0.717, 1.165) is 32.6 Å². The van der Waals surface area contributed by atoms with Crippen LogP contribution in [0, 0.1) is 0 Å². The first-order valence-electron chi connectivity index (χ1n) is 7.78. The topological polar surface area (TPSA) is 32.5 Å². The Balaban J connectivity index is 2.46. The molecule has 0 aliphatic carbocycles. The second-order valence-corrected chi connectivity index (χ2v) is 5.75. The Hall–Kier alpha value is -0.900. The molecule has 0 aliphatic heterocycles. The minimum atomic E-state index is 0.111. The Morgan fingerprint density at radius 2 is 1.70 bits per heavy atom. The molecular formula is C17H31N3. The van der Waals surface area contributed by atoms with Gasteiger partial charge in [-0.05, 0) is 57.7 Å². The molecule has 0 aromatic heterocycles. The third-order valence-corrected chi connectivity index (χ3v) is 3.80. The van der Waals surface area contributed by atoms with Crippen molar-refractivity contribution in [2.45, 2.75) is 32.7 Å². The Bertz CT molecular complexity index is 359. The third-order valence-electron chi connectivity index (χ3n) is 3.80. The molecule has 20 heavy (non-hydrogen) atoms. The highest BCUT2D eigenvalue weighted by Crippen LogP contribution is 2.13. The third kappa shape index (κ3) is 6.04. The molecule has 0 saturated carbocycles. The zero-order valence-corrected chi connectivity index (χ0v) is 13.6. The zero-order chi connectivity index (χ0) is 15.0. The number of aryl methyl sites for hydroxylation is 1. The van der Waals surface area contributed by atoms with E-state index in [1.54, 1.807) is 0 Å². The monoisotopic (exact) mass is 277 g/mol. The van der Waals surface area contributed by atoms with Crippen LogP contribution in [0.5, 0.6) is 0 Å². The van der Waals surface area contributed by atoms with E-state index in [2.05, 4.69) is 62.0 Å². The number of likely N-dealkylation sites (N-methyl/N-ethyl adjacent to an activating group) is 1. The molecule has 1 aromatic carbocycles. The number of hydrogen-bond acceptors (Lipinski definition) is 3. The van der Waals surface area contributed by atoms with Crippen LogP contribution in [0.2, 0.25) is 0 Å². The zero-order valence-electron chi connectivity index (χ0n) is 13.6. The van der Waals surface area contributed by atoms with Crippen molar-refractivity contribution in [1.82, 2.24) is 9.80 Å². The van der Waals surface area contributed by atoms with Gasteiger partial charge in [0.1, 0.15) is 0 Å². The van der Waals surface area contributed by atoms with E-state index in [9.17, 15) is 0 Å². The van der Waals surface area contributed by atoms with Gasteiger partial charge in [0.05, 0.1) is 0 Å². The summed E-state index contributed by atoms with van der Waals surface area (Å²) in [7, 11) is 4.24. The van der Waals surface area contributed by atoms with E-state index in [1.807, 2.05) is 0 Å². The molecule has 0 amide bonds. The lowest BCUT2D eigenvalue weighted by molar-refractivity contribution is 0.252. The highest BCUT2D eigenvalue weighted by Gasteiger charge is 2.11. The fraction of sp³-hybridized carbons (Fsp3) is 0.647. The largest absolute Gasteiger partial charge is 0.323 e. The average Bonchev–Trinajstić information content (AvgIpc) is 2.45. The van der Waals surface area contributed by atoms with Gasteiger partial charge in [0, 0.05) is 12.6 Å². The van der Waals surface area contributed by atoms with E-state index < -0.39 is 0 Å². The second kappa shape index (κ2) is 9.11. The van der Waals surface area contributed by atoms with Gasteiger partial charge in [-0.15, -0.1) is 0 Å². The van der Waals surface area contributed by atoms with Gasteiger partial charge in [-0.2, -0.15) is 0 Å². The van der Waals surface area contributed by atoms with Crippen molar-refractivity contribution in [3.05, 3.63) is 35.4 Å². The molecule has 0 heterocycles. The Labute approximate surface area is 124 Å². The molecule has 1 atom stereocenters. The molecule has 0 spiro atoms. The molecule has 1 rings (SSSR count). The maximum Gasteiger partial charge on any atom is 0.0424 e. The summed E-state index contributed by atoms with van der Waals surface area (Å²) >= 11 is 0. The molecule has 1 unspecified atom stereocenters. The molecule has 0 saturated heterocycles. The molecule has 2 N–H and O–H groups in total. The highest BCUT2D eigenvalue weighted by atomic mass is 15.1. The maximum atomic E-state index is 6.34. The maximum absolute atomic E-state index is 6.34. The van der Waals surface area contributed by atoms with Crippen LogP contribution < -0.4 is 5.73 Å².